The van der Waals surface area contributed by atoms with Crippen LogP contribution in [0.1, 0.15) is 66.7 Å². The summed E-state index contributed by atoms with van der Waals surface area (Å²) in [6, 6.07) is 0. The summed E-state index contributed by atoms with van der Waals surface area (Å²) in [7, 11) is 0. The first kappa shape index (κ1) is 20.7. The van der Waals surface area contributed by atoms with Gasteiger partial charge >= 0.3 is 0 Å². The number of carbonyl (C=O) groups is 3. The predicted molar refractivity (Wildman–Crippen MR) is 111 cm³/mol. The van der Waals surface area contributed by atoms with Gasteiger partial charge in [0.2, 0.25) is 0 Å². The van der Waals surface area contributed by atoms with Gasteiger partial charge in [-0.2, -0.15) is 0 Å². The molecule has 0 radical (unpaired) electrons. The highest BCUT2D eigenvalue weighted by molar-refractivity contribution is 6.02. The second-order valence-electron chi connectivity index (χ2n) is 11.0. The number of allylic oxidation sites excluding steroid dienone is 4. The minimum Gasteiger partial charge on any atom is -0.381 e. The van der Waals surface area contributed by atoms with E-state index in [0.29, 0.717) is 6.42 Å². The molecule has 29 heavy (non-hydrogen) atoms. The van der Waals surface area contributed by atoms with Gasteiger partial charge in [-0.3, -0.25) is 14.4 Å². The molecule has 4 aliphatic carbocycles. The first-order chi connectivity index (χ1) is 13.4. The van der Waals surface area contributed by atoms with Crippen LogP contribution in [0.3, 0.4) is 0 Å². The summed E-state index contributed by atoms with van der Waals surface area (Å²) in [5.74, 6) is 0.206. The van der Waals surface area contributed by atoms with E-state index in [1.807, 2.05) is 33.8 Å². The van der Waals surface area contributed by atoms with E-state index in [2.05, 4.69) is 6.92 Å². The number of ketones is 3. The van der Waals surface area contributed by atoms with Crippen molar-refractivity contribution in [3.05, 3.63) is 23.8 Å². The van der Waals surface area contributed by atoms with E-state index in [-0.39, 0.29) is 53.4 Å². The Morgan fingerprint density at radius 1 is 1.28 bits per heavy atom. The van der Waals surface area contributed by atoms with E-state index < -0.39 is 16.4 Å². The number of aliphatic hydroxyl groups is 1. The molecule has 0 bridgehead atoms. The zero-order valence-electron chi connectivity index (χ0n) is 18.3. The lowest BCUT2D eigenvalue weighted by atomic mass is 9.46. The van der Waals surface area contributed by atoms with E-state index >= 15 is 0 Å². The number of carbonyl (C=O) groups excluding carboxylic acids is 3. The highest BCUT2D eigenvalue weighted by atomic mass is 16.3. The molecule has 0 aliphatic heterocycles. The van der Waals surface area contributed by atoms with Gasteiger partial charge in [0.25, 0.3) is 0 Å². The fourth-order valence-corrected chi connectivity index (χ4v) is 7.48. The summed E-state index contributed by atoms with van der Waals surface area (Å²) < 4.78 is 0. The number of hydrogen-bond acceptors (Lipinski definition) is 4. The van der Waals surface area contributed by atoms with Crippen LogP contribution in [0.4, 0.5) is 0 Å². The second-order valence-corrected chi connectivity index (χ2v) is 11.0. The molecule has 4 aliphatic rings. The Kier molecular flexibility index (Phi) is 4.62. The molecule has 0 amide bonds. The highest BCUT2D eigenvalue weighted by Gasteiger charge is 2.70. The topological polar surface area (TPSA) is 71.4 Å². The number of hydrogen-bond donors (Lipinski definition) is 1. The monoisotopic (exact) mass is 398 g/mol. The molecular weight excluding hydrogens is 364 g/mol. The molecule has 158 valence electrons. The molecule has 0 aromatic heterocycles. The van der Waals surface area contributed by atoms with Crippen molar-refractivity contribution in [2.45, 2.75) is 72.3 Å². The Morgan fingerprint density at radius 3 is 2.62 bits per heavy atom. The minimum absolute atomic E-state index is 0.00664. The molecule has 1 N–H and O–H groups in total. The number of fused-ring (bicyclic) bond motifs is 5. The van der Waals surface area contributed by atoms with Crippen LogP contribution in [0.15, 0.2) is 23.8 Å². The number of rotatable bonds is 3. The van der Waals surface area contributed by atoms with Crippen molar-refractivity contribution < 1.29 is 19.5 Å². The van der Waals surface area contributed by atoms with Gasteiger partial charge in [-0.1, -0.05) is 46.3 Å². The third-order valence-corrected chi connectivity index (χ3v) is 8.86. The van der Waals surface area contributed by atoms with Crippen molar-refractivity contribution in [1.82, 2.24) is 0 Å². The average molecular weight is 399 g/mol. The van der Waals surface area contributed by atoms with Gasteiger partial charge < -0.3 is 5.11 Å². The summed E-state index contributed by atoms with van der Waals surface area (Å²) in [4.78, 5) is 38.7. The lowest BCUT2D eigenvalue weighted by molar-refractivity contribution is -0.171. The van der Waals surface area contributed by atoms with Crippen molar-refractivity contribution in [3.63, 3.8) is 0 Å². The third kappa shape index (κ3) is 2.64. The molecule has 4 heteroatoms. The van der Waals surface area contributed by atoms with E-state index in [9.17, 15) is 19.5 Å². The van der Waals surface area contributed by atoms with Gasteiger partial charge in [-0.15, -0.1) is 0 Å². The Labute approximate surface area is 173 Å². The zero-order valence-corrected chi connectivity index (χ0v) is 18.3. The van der Waals surface area contributed by atoms with Crippen LogP contribution in [0.2, 0.25) is 0 Å². The van der Waals surface area contributed by atoms with Crippen LogP contribution in [0.5, 0.6) is 0 Å². The Morgan fingerprint density at radius 2 is 1.97 bits per heavy atom. The zero-order chi connectivity index (χ0) is 21.4. The Bertz CT molecular complexity index is 836. The van der Waals surface area contributed by atoms with E-state index in [1.165, 1.54) is 0 Å². The molecule has 4 nitrogen and oxygen atoms in total. The molecule has 7 atom stereocenters. The minimum atomic E-state index is -1.43. The van der Waals surface area contributed by atoms with Crippen LogP contribution in [0, 0.1) is 40.4 Å². The summed E-state index contributed by atoms with van der Waals surface area (Å²) in [5.41, 5.74) is -1.48. The predicted octanol–water partition coefficient (Wildman–Crippen LogP) is 4.07. The SMILES string of the molecule is CC(C)CC(=O)[C@@]1(O)[C@H](C)C[C@H]2[C@@H]3CCC4=CC(=O)C=C[C@]4(C)[C@H]3C(=O)C[C@@]21C. The smallest absolute Gasteiger partial charge is 0.178 e. The molecule has 0 aromatic rings. The summed E-state index contributed by atoms with van der Waals surface area (Å²) in [6.07, 6.45) is 8.29. The highest BCUT2D eigenvalue weighted by Crippen LogP contribution is 2.67. The maximum atomic E-state index is 13.6. The normalized spacial score (nSPS) is 46.2. The third-order valence-electron chi connectivity index (χ3n) is 8.86. The first-order valence-corrected chi connectivity index (χ1v) is 11.2. The van der Waals surface area contributed by atoms with Gasteiger partial charge in [-0.05, 0) is 55.1 Å². The van der Waals surface area contributed by atoms with Gasteiger partial charge in [-0.25, -0.2) is 0 Å². The van der Waals surface area contributed by atoms with Crippen LogP contribution in [0.25, 0.3) is 0 Å². The lowest BCUT2D eigenvalue weighted by Gasteiger charge is -2.57. The molecule has 0 aromatic carbocycles. The molecule has 0 unspecified atom stereocenters. The van der Waals surface area contributed by atoms with Crippen molar-refractivity contribution >= 4 is 17.3 Å². The summed E-state index contributed by atoms with van der Waals surface area (Å²) in [6.45, 7) is 10.1. The standard InChI is InChI=1S/C25H34O4/c1-14(2)10-21(28)25(29)15(3)11-19-18-7-6-16-12-17(26)8-9-23(16,4)22(18)20(27)13-24(19,25)5/h8-9,12,14-15,18-19,22,29H,6-7,10-11,13H2,1-5H3/t15-,18+,19+,22-,23+,24+,25+/m1/s1. The molecule has 0 spiro atoms. The van der Waals surface area contributed by atoms with Gasteiger partial charge in [0, 0.05) is 29.6 Å². The lowest BCUT2D eigenvalue weighted by Crippen LogP contribution is -2.61. The Balaban J connectivity index is 1.75. The van der Waals surface area contributed by atoms with Crippen LogP contribution in [-0.2, 0) is 14.4 Å². The van der Waals surface area contributed by atoms with E-state index in [0.717, 1.165) is 24.8 Å². The number of Topliss-reactive ketones (excluding diaryl/α,β-unsaturated/α-hetero) is 2. The summed E-state index contributed by atoms with van der Waals surface area (Å²) in [5, 5.41) is 11.8. The maximum absolute atomic E-state index is 13.6. The fraction of sp³-hybridized carbons (Fsp3) is 0.720. The van der Waals surface area contributed by atoms with Crippen LogP contribution in [-0.4, -0.2) is 28.1 Å². The quantitative estimate of drug-likeness (QED) is 0.778. The molecule has 0 saturated heterocycles. The molecular formula is C25H34O4. The van der Waals surface area contributed by atoms with Crippen molar-refractivity contribution in [3.8, 4) is 0 Å². The Hall–Kier alpha value is -1.55. The van der Waals surface area contributed by atoms with Crippen molar-refractivity contribution in [1.29, 1.82) is 0 Å². The van der Waals surface area contributed by atoms with Crippen molar-refractivity contribution in [2.75, 3.05) is 0 Å². The fourth-order valence-electron chi connectivity index (χ4n) is 7.48. The van der Waals surface area contributed by atoms with Gasteiger partial charge in [0.15, 0.2) is 11.6 Å². The van der Waals surface area contributed by atoms with Crippen molar-refractivity contribution in [2.24, 2.45) is 40.4 Å². The van der Waals surface area contributed by atoms with Crippen LogP contribution >= 0.6 is 0 Å². The molecule has 4 rings (SSSR count). The molecule has 3 fully saturated rings. The first-order valence-electron chi connectivity index (χ1n) is 11.2. The summed E-state index contributed by atoms with van der Waals surface area (Å²) >= 11 is 0. The van der Waals surface area contributed by atoms with Crippen LogP contribution < -0.4 is 0 Å². The molecule has 0 heterocycles. The van der Waals surface area contributed by atoms with Gasteiger partial charge in [0.05, 0.1) is 0 Å². The van der Waals surface area contributed by atoms with E-state index in [1.54, 1.807) is 12.2 Å². The largest absolute Gasteiger partial charge is 0.381 e. The van der Waals surface area contributed by atoms with E-state index in [4.69, 9.17) is 0 Å². The average Bonchev–Trinajstić information content (AvgIpc) is 2.82. The molecule has 3 saturated carbocycles. The van der Waals surface area contributed by atoms with Gasteiger partial charge in [0.1, 0.15) is 11.4 Å². The second kappa shape index (κ2) is 6.47. The maximum Gasteiger partial charge on any atom is 0.178 e.